The van der Waals surface area contributed by atoms with Gasteiger partial charge < -0.3 is 11.1 Å². The fraction of sp³-hybridized carbons (Fsp3) is 0.357. The van der Waals surface area contributed by atoms with Gasteiger partial charge in [-0.05, 0) is 31.0 Å². The third-order valence-electron chi connectivity index (χ3n) is 2.89. The number of aromatic nitrogens is 3. The molecule has 2 rings (SSSR count). The lowest BCUT2D eigenvalue weighted by Crippen LogP contribution is -2.29. The van der Waals surface area contributed by atoms with Crippen molar-refractivity contribution < 1.29 is 9.18 Å². The molecule has 0 spiro atoms. The van der Waals surface area contributed by atoms with Crippen molar-refractivity contribution in [2.45, 2.75) is 25.9 Å². The molecule has 1 heterocycles. The molecule has 112 valence electrons. The third kappa shape index (κ3) is 4.64. The van der Waals surface area contributed by atoms with E-state index in [1.807, 2.05) is 6.92 Å². The average Bonchev–Trinajstić information content (AvgIpc) is 2.87. The van der Waals surface area contributed by atoms with E-state index in [1.165, 1.54) is 23.0 Å². The quantitative estimate of drug-likeness (QED) is 0.829. The third-order valence-corrected chi connectivity index (χ3v) is 2.89. The molecular weight excluding hydrogens is 273 g/mol. The van der Waals surface area contributed by atoms with Gasteiger partial charge in [-0.15, -0.1) is 5.10 Å². The van der Waals surface area contributed by atoms with Crippen LogP contribution in [0, 0.1) is 5.82 Å². The molecule has 2 aromatic rings. The molecule has 1 aromatic heterocycles. The Hall–Kier alpha value is -2.28. The number of hydrogen-bond donors (Lipinski definition) is 2. The highest BCUT2D eigenvalue weighted by molar-refractivity contribution is 5.91. The van der Waals surface area contributed by atoms with Crippen molar-refractivity contribution >= 4 is 5.91 Å². The van der Waals surface area contributed by atoms with E-state index in [1.54, 1.807) is 12.1 Å². The molecule has 0 aliphatic rings. The summed E-state index contributed by atoms with van der Waals surface area (Å²) < 4.78 is 14.6. The number of amides is 1. The van der Waals surface area contributed by atoms with Crippen LogP contribution in [0.5, 0.6) is 0 Å². The normalized spacial score (nSPS) is 12.1. The Kier molecular flexibility index (Phi) is 4.99. The minimum absolute atomic E-state index is 0.0361. The van der Waals surface area contributed by atoms with E-state index in [2.05, 4.69) is 15.6 Å². The van der Waals surface area contributed by atoms with Gasteiger partial charge in [-0.1, -0.05) is 17.3 Å². The highest BCUT2D eigenvalue weighted by Gasteiger charge is 2.10. The highest BCUT2D eigenvalue weighted by atomic mass is 19.1. The summed E-state index contributed by atoms with van der Waals surface area (Å²) in [5.41, 5.74) is 6.59. The van der Waals surface area contributed by atoms with Crippen LogP contribution in [0.15, 0.2) is 30.5 Å². The summed E-state index contributed by atoms with van der Waals surface area (Å²) in [7, 11) is 0. The lowest BCUT2D eigenvalue weighted by Gasteiger charge is -2.05. The fourth-order valence-electron chi connectivity index (χ4n) is 1.81. The maximum Gasteiger partial charge on any atom is 0.273 e. The van der Waals surface area contributed by atoms with E-state index in [0.717, 1.165) is 5.56 Å². The molecule has 0 aliphatic heterocycles. The Morgan fingerprint density at radius 2 is 2.33 bits per heavy atom. The van der Waals surface area contributed by atoms with E-state index >= 15 is 0 Å². The van der Waals surface area contributed by atoms with Gasteiger partial charge in [0, 0.05) is 12.6 Å². The van der Waals surface area contributed by atoms with Gasteiger partial charge >= 0.3 is 0 Å². The number of carbonyl (C=O) groups is 1. The molecule has 0 saturated carbocycles. The zero-order valence-corrected chi connectivity index (χ0v) is 11.8. The fourth-order valence-corrected chi connectivity index (χ4v) is 1.81. The number of rotatable bonds is 6. The number of carbonyl (C=O) groups excluding carboxylic acids is 1. The second-order valence-corrected chi connectivity index (χ2v) is 4.95. The van der Waals surface area contributed by atoms with Crippen LogP contribution in [0.2, 0.25) is 0 Å². The second kappa shape index (κ2) is 6.94. The lowest BCUT2D eigenvalue weighted by atomic mass is 10.2. The SMILES string of the molecule is CC(N)CCNC(=O)c1cn(Cc2cccc(F)c2)nn1. The van der Waals surface area contributed by atoms with Crippen molar-refractivity contribution in [1.82, 2.24) is 20.3 Å². The molecule has 0 saturated heterocycles. The van der Waals surface area contributed by atoms with Gasteiger partial charge in [-0.3, -0.25) is 4.79 Å². The summed E-state index contributed by atoms with van der Waals surface area (Å²) in [6.45, 7) is 2.73. The Labute approximate surface area is 122 Å². The number of hydrogen-bond acceptors (Lipinski definition) is 4. The zero-order chi connectivity index (χ0) is 15.2. The van der Waals surface area contributed by atoms with Crippen LogP contribution < -0.4 is 11.1 Å². The first-order valence-corrected chi connectivity index (χ1v) is 6.73. The number of nitrogens with zero attached hydrogens (tertiary/aromatic N) is 3. The standard InChI is InChI=1S/C14H18FN5O/c1-10(16)5-6-17-14(21)13-9-20(19-18-13)8-11-3-2-4-12(15)7-11/h2-4,7,9-10H,5-6,8,16H2,1H3,(H,17,21). The van der Waals surface area contributed by atoms with Crippen LogP contribution in [-0.2, 0) is 6.54 Å². The summed E-state index contributed by atoms with van der Waals surface area (Å²) in [5.74, 6) is -0.595. The maximum atomic E-state index is 13.1. The molecule has 7 heteroatoms. The zero-order valence-electron chi connectivity index (χ0n) is 11.8. The Morgan fingerprint density at radius 1 is 1.52 bits per heavy atom. The average molecular weight is 291 g/mol. The van der Waals surface area contributed by atoms with Crippen molar-refractivity contribution in [2.24, 2.45) is 5.73 Å². The predicted octanol–water partition coefficient (Wildman–Crippen LogP) is 0.933. The molecule has 1 atom stereocenters. The van der Waals surface area contributed by atoms with Gasteiger partial charge in [0.05, 0.1) is 12.7 Å². The van der Waals surface area contributed by atoms with Crippen LogP contribution in [-0.4, -0.2) is 33.5 Å². The summed E-state index contributed by atoms with van der Waals surface area (Å²) >= 11 is 0. The van der Waals surface area contributed by atoms with Gasteiger partial charge in [0.25, 0.3) is 5.91 Å². The van der Waals surface area contributed by atoms with Gasteiger partial charge in [0.2, 0.25) is 0 Å². The van der Waals surface area contributed by atoms with Crippen LogP contribution in [0.3, 0.4) is 0 Å². The molecule has 21 heavy (non-hydrogen) atoms. The molecule has 0 fully saturated rings. The van der Waals surface area contributed by atoms with E-state index in [0.29, 0.717) is 19.5 Å². The molecular formula is C14H18FN5O. The van der Waals surface area contributed by atoms with Gasteiger partial charge in [0.1, 0.15) is 5.82 Å². The molecule has 0 radical (unpaired) electrons. The van der Waals surface area contributed by atoms with E-state index in [9.17, 15) is 9.18 Å². The van der Waals surface area contributed by atoms with E-state index in [-0.39, 0.29) is 23.5 Å². The molecule has 3 N–H and O–H groups in total. The van der Waals surface area contributed by atoms with Crippen LogP contribution in [0.4, 0.5) is 4.39 Å². The first-order chi connectivity index (χ1) is 10.0. The van der Waals surface area contributed by atoms with Gasteiger partial charge in [-0.25, -0.2) is 9.07 Å². The first kappa shape index (κ1) is 15.1. The summed E-state index contributed by atoms with van der Waals surface area (Å²) in [6.07, 6.45) is 2.23. The van der Waals surface area contributed by atoms with Crippen LogP contribution >= 0.6 is 0 Å². The number of nitrogens with one attached hydrogen (secondary N) is 1. The molecule has 1 aromatic carbocycles. The smallest absolute Gasteiger partial charge is 0.273 e. The molecule has 0 aliphatic carbocycles. The van der Waals surface area contributed by atoms with Crippen molar-refractivity contribution in [3.8, 4) is 0 Å². The van der Waals surface area contributed by atoms with Crippen molar-refractivity contribution in [3.63, 3.8) is 0 Å². The van der Waals surface area contributed by atoms with Crippen molar-refractivity contribution in [3.05, 3.63) is 47.5 Å². The summed E-state index contributed by atoms with van der Waals surface area (Å²) in [5, 5.41) is 10.4. The highest BCUT2D eigenvalue weighted by Crippen LogP contribution is 2.05. The summed E-state index contributed by atoms with van der Waals surface area (Å²) in [6, 6.07) is 6.25. The van der Waals surface area contributed by atoms with Gasteiger partial charge in [-0.2, -0.15) is 0 Å². The Bertz CT molecular complexity index is 611. The maximum absolute atomic E-state index is 13.1. The van der Waals surface area contributed by atoms with Crippen LogP contribution in [0.25, 0.3) is 0 Å². The molecule has 6 nitrogen and oxygen atoms in total. The minimum Gasteiger partial charge on any atom is -0.351 e. The van der Waals surface area contributed by atoms with Crippen LogP contribution in [0.1, 0.15) is 29.4 Å². The molecule has 1 amide bonds. The number of benzene rings is 1. The first-order valence-electron chi connectivity index (χ1n) is 6.73. The topological polar surface area (TPSA) is 85.8 Å². The van der Waals surface area contributed by atoms with Crippen molar-refractivity contribution in [1.29, 1.82) is 0 Å². The largest absolute Gasteiger partial charge is 0.351 e. The van der Waals surface area contributed by atoms with Gasteiger partial charge in [0.15, 0.2) is 5.69 Å². The monoisotopic (exact) mass is 291 g/mol. The molecule has 0 bridgehead atoms. The lowest BCUT2D eigenvalue weighted by molar-refractivity contribution is 0.0947. The van der Waals surface area contributed by atoms with E-state index < -0.39 is 0 Å². The van der Waals surface area contributed by atoms with E-state index in [4.69, 9.17) is 5.73 Å². The number of halogens is 1. The second-order valence-electron chi connectivity index (χ2n) is 4.95. The number of nitrogens with two attached hydrogens (primary N) is 1. The molecule has 1 unspecified atom stereocenters. The van der Waals surface area contributed by atoms with Crippen molar-refractivity contribution in [2.75, 3.05) is 6.54 Å². The Morgan fingerprint density at radius 3 is 3.05 bits per heavy atom. The Balaban J connectivity index is 1.93. The minimum atomic E-state index is -0.304. The summed E-state index contributed by atoms with van der Waals surface area (Å²) in [4.78, 5) is 11.8. The predicted molar refractivity (Wildman–Crippen MR) is 76.1 cm³/mol.